The molecule has 1 heterocycles. The number of nitrogens with two attached hydrogens (primary N) is 1. The van der Waals surface area contributed by atoms with Crippen molar-refractivity contribution >= 4 is 29.1 Å². The van der Waals surface area contributed by atoms with Crippen molar-refractivity contribution in [1.29, 1.82) is 0 Å². The fourth-order valence-electron chi connectivity index (χ4n) is 1.61. The van der Waals surface area contributed by atoms with E-state index < -0.39 is 6.09 Å². The number of ether oxygens (including phenoxy) is 2. The molecule has 3 N–H and O–H groups in total. The van der Waals surface area contributed by atoms with Crippen molar-refractivity contribution in [3.8, 4) is 5.75 Å². The Hall–Kier alpha value is -3.16. The summed E-state index contributed by atoms with van der Waals surface area (Å²) < 4.78 is 9.71. The third kappa shape index (κ3) is 3.69. The number of pyridine rings is 1. The van der Waals surface area contributed by atoms with Gasteiger partial charge in [-0.25, -0.2) is 9.78 Å². The van der Waals surface area contributed by atoms with Crippen molar-refractivity contribution in [2.45, 2.75) is 0 Å². The first-order valence-electron chi connectivity index (χ1n) is 6.30. The number of nitrogens with zero attached hydrogens (tertiary/aromatic N) is 3. The highest BCUT2D eigenvalue weighted by atomic mass is 16.5. The van der Waals surface area contributed by atoms with E-state index in [0.717, 1.165) is 0 Å². The molecule has 0 radical (unpaired) electrons. The van der Waals surface area contributed by atoms with Crippen LogP contribution in [0.1, 0.15) is 0 Å². The molecule has 1 amide bonds. The van der Waals surface area contributed by atoms with Gasteiger partial charge in [0.1, 0.15) is 22.9 Å². The largest absolute Gasteiger partial charge is 0.494 e. The second kappa shape index (κ2) is 7.02. The molecular weight excluding hydrogens is 286 g/mol. The molecule has 0 bridgehead atoms. The van der Waals surface area contributed by atoms with Crippen molar-refractivity contribution < 1.29 is 14.3 Å². The number of nitrogens with one attached hydrogen (secondary N) is 1. The molecule has 8 nitrogen and oxygen atoms in total. The smallest absolute Gasteiger partial charge is 0.412 e. The Bertz CT molecular complexity index is 703. The minimum Gasteiger partial charge on any atom is -0.494 e. The number of benzene rings is 1. The second-order valence-corrected chi connectivity index (χ2v) is 4.09. The van der Waals surface area contributed by atoms with Gasteiger partial charge in [0.2, 0.25) is 0 Å². The van der Waals surface area contributed by atoms with Crippen molar-refractivity contribution in [2.24, 2.45) is 10.2 Å². The summed E-state index contributed by atoms with van der Waals surface area (Å²) >= 11 is 0. The molecule has 0 atom stereocenters. The molecule has 0 unspecified atom stereocenters. The van der Waals surface area contributed by atoms with E-state index in [1.807, 2.05) is 12.1 Å². The van der Waals surface area contributed by atoms with Crippen LogP contribution in [-0.2, 0) is 4.74 Å². The maximum Gasteiger partial charge on any atom is 0.412 e. The van der Waals surface area contributed by atoms with Crippen LogP contribution in [0.4, 0.5) is 27.8 Å². The van der Waals surface area contributed by atoms with Crippen LogP contribution in [0.5, 0.6) is 5.75 Å². The molecule has 0 spiro atoms. The lowest BCUT2D eigenvalue weighted by Crippen LogP contribution is -2.12. The summed E-state index contributed by atoms with van der Waals surface area (Å²) in [5.41, 5.74) is 6.49. The van der Waals surface area contributed by atoms with Crippen LogP contribution in [0, 0.1) is 0 Å². The summed E-state index contributed by atoms with van der Waals surface area (Å²) in [7, 11) is 2.79. The molecule has 1 aromatic carbocycles. The monoisotopic (exact) mass is 301 g/mol. The highest BCUT2D eigenvalue weighted by Gasteiger charge is 2.09. The van der Waals surface area contributed by atoms with Crippen LogP contribution in [0.2, 0.25) is 0 Å². The number of aromatic nitrogens is 1. The van der Waals surface area contributed by atoms with E-state index in [0.29, 0.717) is 17.1 Å². The Morgan fingerprint density at radius 1 is 1.14 bits per heavy atom. The number of carbonyl (C=O) groups excluding carboxylic acids is 1. The lowest BCUT2D eigenvalue weighted by atomic mass is 10.3. The number of hydrogen-bond acceptors (Lipinski definition) is 7. The number of para-hydroxylation sites is 1. The maximum absolute atomic E-state index is 11.3. The van der Waals surface area contributed by atoms with Gasteiger partial charge in [0.15, 0.2) is 5.82 Å². The third-order valence-corrected chi connectivity index (χ3v) is 2.65. The lowest BCUT2D eigenvalue weighted by Gasteiger charge is -2.06. The van der Waals surface area contributed by atoms with E-state index >= 15 is 0 Å². The summed E-state index contributed by atoms with van der Waals surface area (Å²) in [6, 6.07) is 10.3. The first kappa shape index (κ1) is 15.2. The summed E-state index contributed by atoms with van der Waals surface area (Å²) in [5.74, 6) is 0.977. The first-order chi connectivity index (χ1) is 10.6. The fourth-order valence-corrected chi connectivity index (χ4v) is 1.61. The fraction of sp³-hybridized carbons (Fsp3) is 0.143. The lowest BCUT2D eigenvalue weighted by molar-refractivity contribution is 0.187. The highest BCUT2D eigenvalue weighted by molar-refractivity contribution is 5.87. The minimum absolute atomic E-state index is 0.158. The van der Waals surface area contributed by atoms with Gasteiger partial charge in [0.25, 0.3) is 0 Å². The van der Waals surface area contributed by atoms with E-state index in [1.165, 1.54) is 7.11 Å². The zero-order valence-corrected chi connectivity index (χ0v) is 12.1. The Balaban J connectivity index is 2.32. The number of hydrogen-bond donors (Lipinski definition) is 2. The molecule has 2 aromatic rings. The average Bonchev–Trinajstić information content (AvgIpc) is 2.54. The van der Waals surface area contributed by atoms with Crippen molar-refractivity contribution in [3.63, 3.8) is 0 Å². The average molecular weight is 301 g/mol. The molecule has 0 fully saturated rings. The van der Waals surface area contributed by atoms with Gasteiger partial charge in [-0.05, 0) is 24.3 Å². The summed E-state index contributed by atoms with van der Waals surface area (Å²) in [6.45, 7) is 0. The van der Waals surface area contributed by atoms with Crippen LogP contribution < -0.4 is 15.8 Å². The number of methoxy groups -OCH3 is 2. The summed E-state index contributed by atoms with van der Waals surface area (Å²) in [5, 5.41) is 10.6. The molecule has 114 valence electrons. The van der Waals surface area contributed by atoms with Gasteiger partial charge in [-0.2, -0.15) is 0 Å². The van der Waals surface area contributed by atoms with Crippen molar-refractivity contribution in [2.75, 3.05) is 25.3 Å². The molecule has 0 saturated heterocycles. The minimum atomic E-state index is -0.674. The SMILES string of the molecule is COC(=O)Nc1nc(N)ccc1N=Nc1ccccc1OC. The third-order valence-electron chi connectivity index (χ3n) is 2.65. The van der Waals surface area contributed by atoms with E-state index in [2.05, 4.69) is 25.3 Å². The van der Waals surface area contributed by atoms with Crippen LogP contribution in [-0.4, -0.2) is 25.3 Å². The zero-order valence-electron chi connectivity index (χ0n) is 12.1. The Labute approximate surface area is 127 Å². The summed E-state index contributed by atoms with van der Waals surface area (Å²) in [6.07, 6.45) is -0.674. The molecule has 2 rings (SSSR count). The first-order valence-corrected chi connectivity index (χ1v) is 6.30. The van der Waals surface area contributed by atoms with E-state index in [1.54, 1.807) is 31.4 Å². The van der Waals surface area contributed by atoms with Gasteiger partial charge in [-0.15, -0.1) is 10.2 Å². The Morgan fingerprint density at radius 2 is 1.86 bits per heavy atom. The number of carbonyl (C=O) groups is 1. The number of anilines is 2. The van der Waals surface area contributed by atoms with Gasteiger partial charge < -0.3 is 15.2 Å². The molecular formula is C14H15N5O3. The molecule has 1 aromatic heterocycles. The molecule has 0 saturated carbocycles. The molecule has 0 aliphatic rings. The van der Waals surface area contributed by atoms with Crippen LogP contribution in [0.3, 0.4) is 0 Å². The topological polar surface area (TPSA) is 111 Å². The number of azo groups is 1. The standard InChI is InChI=1S/C14H15N5O3/c1-21-11-6-4-3-5-9(11)18-19-10-7-8-12(15)16-13(10)17-14(20)22-2/h3-8H,1-2H3,(H3,15,16,17,20). The van der Waals surface area contributed by atoms with Gasteiger partial charge in [0, 0.05) is 0 Å². The van der Waals surface area contributed by atoms with E-state index in [-0.39, 0.29) is 11.6 Å². The predicted molar refractivity (Wildman–Crippen MR) is 81.8 cm³/mol. The van der Waals surface area contributed by atoms with E-state index in [9.17, 15) is 4.79 Å². The zero-order chi connectivity index (χ0) is 15.9. The number of amides is 1. The predicted octanol–water partition coefficient (Wildman–Crippen LogP) is 3.27. The molecule has 0 aliphatic heterocycles. The molecule has 22 heavy (non-hydrogen) atoms. The molecule has 8 heteroatoms. The van der Waals surface area contributed by atoms with Crippen molar-refractivity contribution in [1.82, 2.24) is 4.98 Å². The normalized spacial score (nSPS) is 10.5. The van der Waals surface area contributed by atoms with Crippen LogP contribution in [0.15, 0.2) is 46.6 Å². The number of rotatable bonds is 4. The quantitative estimate of drug-likeness (QED) is 0.842. The Kier molecular flexibility index (Phi) is 4.86. The van der Waals surface area contributed by atoms with E-state index in [4.69, 9.17) is 10.5 Å². The number of nitrogen functional groups attached to an aromatic ring is 1. The maximum atomic E-state index is 11.3. The van der Waals surface area contributed by atoms with Crippen molar-refractivity contribution in [3.05, 3.63) is 36.4 Å². The van der Waals surface area contributed by atoms with Crippen LogP contribution >= 0.6 is 0 Å². The second-order valence-electron chi connectivity index (χ2n) is 4.09. The summed E-state index contributed by atoms with van der Waals surface area (Å²) in [4.78, 5) is 15.3. The molecule has 0 aliphatic carbocycles. The highest BCUT2D eigenvalue weighted by Crippen LogP contribution is 2.30. The van der Waals surface area contributed by atoms with Crippen LogP contribution in [0.25, 0.3) is 0 Å². The van der Waals surface area contributed by atoms with Gasteiger partial charge in [0.05, 0.1) is 14.2 Å². The Morgan fingerprint density at radius 3 is 2.59 bits per heavy atom. The van der Waals surface area contributed by atoms with Gasteiger partial charge >= 0.3 is 6.09 Å². The van der Waals surface area contributed by atoms with Gasteiger partial charge in [-0.3, -0.25) is 5.32 Å². The van der Waals surface area contributed by atoms with Gasteiger partial charge in [-0.1, -0.05) is 12.1 Å².